The van der Waals surface area contributed by atoms with Crippen molar-refractivity contribution >= 4 is 22.8 Å². The van der Waals surface area contributed by atoms with Crippen LogP contribution in [0.1, 0.15) is 19.3 Å². The lowest BCUT2D eigenvalue weighted by Gasteiger charge is -2.23. The van der Waals surface area contributed by atoms with Crippen LogP contribution in [0, 0.1) is 10.1 Å². The molecule has 7 heteroatoms. The van der Waals surface area contributed by atoms with E-state index < -0.39 is 4.92 Å². The third-order valence-corrected chi connectivity index (χ3v) is 3.51. The molecular weight excluding hydrogens is 260 g/mol. The van der Waals surface area contributed by atoms with E-state index in [9.17, 15) is 10.1 Å². The molecule has 1 saturated heterocycles. The molecule has 0 radical (unpaired) electrons. The van der Waals surface area contributed by atoms with Crippen LogP contribution in [0.15, 0.2) is 22.6 Å². The molecule has 1 aliphatic heterocycles. The summed E-state index contributed by atoms with van der Waals surface area (Å²) in [5.41, 5.74) is 0.685. The SMILES string of the molecule is O=[N+]([O-])c1cccc2oc(NCC3CCCCN3)nc12. The number of oxazole rings is 1. The number of hydrogen-bond donors (Lipinski definition) is 2. The molecule has 0 spiro atoms. The number of non-ortho nitro benzene ring substituents is 1. The summed E-state index contributed by atoms with van der Waals surface area (Å²) in [5.74, 6) is 0. The Labute approximate surface area is 115 Å². The van der Waals surface area contributed by atoms with Crippen molar-refractivity contribution in [1.29, 1.82) is 0 Å². The number of fused-ring (bicyclic) bond motifs is 1. The van der Waals surface area contributed by atoms with Crippen LogP contribution in [0.5, 0.6) is 0 Å². The molecule has 2 N–H and O–H groups in total. The highest BCUT2D eigenvalue weighted by Gasteiger charge is 2.18. The maximum Gasteiger partial charge on any atom is 0.298 e. The molecule has 7 nitrogen and oxygen atoms in total. The van der Waals surface area contributed by atoms with Crippen molar-refractivity contribution in [1.82, 2.24) is 10.3 Å². The smallest absolute Gasteiger partial charge is 0.298 e. The second-order valence-electron chi connectivity index (χ2n) is 4.93. The largest absolute Gasteiger partial charge is 0.423 e. The second-order valence-corrected chi connectivity index (χ2v) is 4.93. The van der Waals surface area contributed by atoms with Gasteiger partial charge in [-0.3, -0.25) is 10.1 Å². The Morgan fingerprint density at radius 1 is 1.50 bits per heavy atom. The zero-order chi connectivity index (χ0) is 13.9. The predicted molar refractivity (Wildman–Crippen MR) is 74.8 cm³/mol. The zero-order valence-electron chi connectivity index (χ0n) is 11.0. The molecule has 0 amide bonds. The molecule has 20 heavy (non-hydrogen) atoms. The molecule has 1 fully saturated rings. The number of nitro groups is 1. The van der Waals surface area contributed by atoms with Gasteiger partial charge in [0.15, 0.2) is 11.1 Å². The van der Waals surface area contributed by atoms with Crippen LogP contribution in [-0.4, -0.2) is 29.0 Å². The number of para-hydroxylation sites is 1. The van der Waals surface area contributed by atoms with E-state index >= 15 is 0 Å². The van der Waals surface area contributed by atoms with Gasteiger partial charge in [0.1, 0.15) is 0 Å². The summed E-state index contributed by atoms with van der Waals surface area (Å²) in [7, 11) is 0. The van der Waals surface area contributed by atoms with E-state index in [1.165, 1.54) is 18.9 Å². The topological polar surface area (TPSA) is 93.2 Å². The fraction of sp³-hybridized carbons (Fsp3) is 0.462. The maximum atomic E-state index is 10.9. The van der Waals surface area contributed by atoms with Gasteiger partial charge in [0.05, 0.1) is 4.92 Å². The zero-order valence-corrected chi connectivity index (χ0v) is 11.0. The standard InChI is InChI=1S/C13H16N4O3/c18-17(19)10-5-3-6-11-12(10)16-13(20-11)15-8-9-4-1-2-7-14-9/h3,5-6,9,14H,1-2,4,7-8H2,(H,15,16). The first kappa shape index (κ1) is 12.9. The number of nitrogens with one attached hydrogen (secondary N) is 2. The van der Waals surface area contributed by atoms with Crippen LogP contribution < -0.4 is 10.6 Å². The Morgan fingerprint density at radius 2 is 2.40 bits per heavy atom. The van der Waals surface area contributed by atoms with Gasteiger partial charge >= 0.3 is 0 Å². The summed E-state index contributed by atoms with van der Waals surface area (Å²) in [5, 5.41) is 17.4. The van der Waals surface area contributed by atoms with Crippen LogP contribution in [-0.2, 0) is 0 Å². The molecule has 1 aliphatic rings. The summed E-state index contributed by atoms with van der Waals surface area (Å²) >= 11 is 0. The Balaban J connectivity index is 1.75. The van der Waals surface area contributed by atoms with Crippen LogP contribution >= 0.6 is 0 Å². The molecule has 2 heterocycles. The number of anilines is 1. The number of aromatic nitrogens is 1. The number of rotatable bonds is 4. The number of nitro benzene ring substituents is 1. The molecule has 2 aromatic rings. The lowest BCUT2D eigenvalue weighted by Crippen LogP contribution is -2.39. The number of hydrogen-bond acceptors (Lipinski definition) is 6. The van der Waals surface area contributed by atoms with E-state index in [2.05, 4.69) is 15.6 Å². The van der Waals surface area contributed by atoms with Crippen molar-refractivity contribution in [3.05, 3.63) is 28.3 Å². The third-order valence-electron chi connectivity index (χ3n) is 3.51. The summed E-state index contributed by atoms with van der Waals surface area (Å²) in [6, 6.07) is 5.44. The van der Waals surface area contributed by atoms with E-state index in [0.29, 0.717) is 24.2 Å². The Kier molecular flexibility index (Phi) is 3.51. The summed E-state index contributed by atoms with van der Waals surface area (Å²) < 4.78 is 5.50. The summed E-state index contributed by atoms with van der Waals surface area (Å²) in [4.78, 5) is 14.6. The number of piperidine rings is 1. The summed E-state index contributed by atoms with van der Waals surface area (Å²) in [6.45, 7) is 1.74. The maximum absolute atomic E-state index is 10.9. The quantitative estimate of drug-likeness (QED) is 0.657. The molecule has 1 aromatic heterocycles. The van der Waals surface area contributed by atoms with Gasteiger partial charge in [-0.2, -0.15) is 4.98 Å². The second kappa shape index (κ2) is 5.46. The van der Waals surface area contributed by atoms with Gasteiger partial charge in [-0.15, -0.1) is 0 Å². The number of benzene rings is 1. The van der Waals surface area contributed by atoms with Crippen LogP contribution in [0.4, 0.5) is 11.7 Å². The highest BCUT2D eigenvalue weighted by molar-refractivity contribution is 5.83. The highest BCUT2D eigenvalue weighted by Crippen LogP contribution is 2.27. The first-order chi connectivity index (χ1) is 9.74. The van der Waals surface area contributed by atoms with Gasteiger partial charge in [0.2, 0.25) is 0 Å². The van der Waals surface area contributed by atoms with E-state index in [0.717, 1.165) is 13.0 Å². The Morgan fingerprint density at radius 3 is 3.15 bits per heavy atom. The first-order valence-corrected chi connectivity index (χ1v) is 6.75. The Bertz CT molecular complexity index is 619. The lowest BCUT2D eigenvalue weighted by atomic mass is 10.1. The van der Waals surface area contributed by atoms with Crippen molar-refractivity contribution in [3.63, 3.8) is 0 Å². The van der Waals surface area contributed by atoms with Gasteiger partial charge in [-0.25, -0.2) is 0 Å². The minimum absolute atomic E-state index is 0.0323. The minimum atomic E-state index is -0.447. The van der Waals surface area contributed by atoms with Crippen molar-refractivity contribution in [3.8, 4) is 0 Å². The summed E-state index contributed by atoms with van der Waals surface area (Å²) in [6.07, 6.45) is 3.55. The van der Waals surface area contributed by atoms with Gasteiger partial charge in [-0.1, -0.05) is 12.5 Å². The molecule has 0 bridgehead atoms. The van der Waals surface area contributed by atoms with Crippen molar-refractivity contribution in [2.45, 2.75) is 25.3 Å². The third kappa shape index (κ3) is 2.57. The molecule has 1 atom stereocenters. The van der Waals surface area contributed by atoms with Crippen molar-refractivity contribution < 1.29 is 9.34 Å². The van der Waals surface area contributed by atoms with E-state index in [4.69, 9.17) is 4.42 Å². The average molecular weight is 276 g/mol. The molecule has 1 aromatic carbocycles. The molecule has 0 saturated carbocycles. The molecule has 0 aliphatic carbocycles. The molecule has 3 rings (SSSR count). The lowest BCUT2D eigenvalue weighted by molar-refractivity contribution is -0.383. The first-order valence-electron chi connectivity index (χ1n) is 6.75. The van der Waals surface area contributed by atoms with E-state index in [1.807, 2.05) is 0 Å². The van der Waals surface area contributed by atoms with E-state index in [1.54, 1.807) is 12.1 Å². The fourth-order valence-electron chi connectivity index (χ4n) is 2.47. The van der Waals surface area contributed by atoms with Crippen LogP contribution in [0.3, 0.4) is 0 Å². The van der Waals surface area contributed by atoms with Gasteiger partial charge in [-0.05, 0) is 25.5 Å². The van der Waals surface area contributed by atoms with Gasteiger partial charge in [0.25, 0.3) is 11.7 Å². The van der Waals surface area contributed by atoms with Crippen molar-refractivity contribution in [2.75, 3.05) is 18.4 Å². The fourth-order valence-corrected chi connectivity index (χ4v) is 2.47. The average Bonchev–Trinajstić information content (AvgIpc) is 2.88. The molecular formula is C13H16N4O3. The molecule has 1 unspecified atom stereocenters. The monoisotopic (exact) mass is 276 g/mol. The van der Waals surface area contributed by atoms with Gasteiger partial charge < -0.3 is 15.1 Å². The Hall–Kier alpha value is -2.15. The molecule has 106 valence electrons. The minimum Gasteiger partial charge on any atom is -0.423 e. The van der Waals surface area contributed by atoms with Crippen LogP contribution in [0.25, 0.3) is 11.1 Å². The van der Waals surface area contributed by atoms with Crippen LogP contribution in [0.2, 0.25) is 0 Å². The van der Waals surface area contributed by atoms with E-state index in [-0.39, 0.29) is 11.2 Å². The van der Waals surface area contributed by atoms with Gasteiger partial charge in [0, 0.05) is 18.7 Å². The van der Waals surface area contributed by atoms with Crippen molar-refractivity contribution in [2.24, 2.45) is 0 Å². The highest BCUT2D eigenvalue weighted by atomic mass is 16.6. The number of nitrogens with zero attached hydrogens (tertiary/aromatic N) is 2. The predicted octanol–water partition coefficient (Wildman–Crippen LogP) is 2.29. The normalized spacial score (nSPS) is 19.1.